The first-order chi connectivity index (χ1) is 18.4. The summed E-state index contributed by atoms with van der Waals surface area (Å²) in [5.41, 5.74) is 0.354. The number of benzene rings is 2. The quantitative estimate of drug-likeness (QED) is 0.202. The molecule has 1 aliphatic rings. The van der Waals surface area contributed by atoms with Crippen LogP contribution >= 0.6 is 23.2 Å². The van der Waals surface area contributed by atoms with Crippen molar-refractivity contribution in [2.45, 2.75) is 73.5 Å². The van der Waals surface area contributed by atoms with Crippen molar-refractivity contribution < 1.29 is 27.9 Å². The molecule has 2 atom stereocenters. The van der Waals surface area contributed by atoms with Gasteiger partial charge in [0.05, 0.1) is 12.7 Å². The fourth-order valence-electron chi connectivity index (χ4n) is 2.69. The van der Waals surface area contributed by atoms with Crippen molar-refractivity contribution in [1.82, 2.24) is 5.06 Å². The second-order valence-corrected chi connectivity index (χ2v) is 8.78. The Hall–Kier alpha value is -2.61. The molecule has 2 unspecified atom stereocenters. The van der Waals surface area contributed by atoms with Gasteiger partial charge in [0.25, 0.3) is 11.7 Å². The van der Waals surface area contributed by atoms with Crippen molar-refractivity contribution in [2.24, 2.45) is 0 Å². The van der Waals surface area contributed by atoms with Crippen molar-refractivity contribution in [3.63, 3.8) is 0 Å². The lowest BCUT2D eigenvalue weighted by Gasteiger charge is -2.23. The van der Waals surface area contributed by atoms with Gasteiger partial charge in [-0.1, -0.05) is 57.5 Å². The minimum absolute atomic E-state index is 0.163. The average Bonchev–Trinajstić information content (AvgIpc) is 3.26. The van der Waals surface area contributed by atoms with Gasteiger partial charge in [-0.15, -0.1) is 11.6 Å². The van der Waals surface area contributed by atoms with Crippen LogP contribution in [0.5, 0.6) is 11.5 Å². The highest BCUT2D eigenvalue weighted by atomic mass is 35.5. The first-order valence-electron chi connectivity index (χ1n) is 12.7. The van der Waals surface area contributed by atoms with Gasteiger partial charge < -0.3 is 9.47 Å². The van der Waals surface area contributed by atoms with Crippen LogP contribution in [0.25, 0.3) is 0 Å². The van der Waals surface area contributed by atoms with E-state index in [1.807, 2.05) is 73.6 Å². The standard InChI is InChI=1S/C17H15F2NO4.C5H9Cl.C4H7Cl.2C2H6/c1-17(10-4-6-11(18)7-5-10)23-14-8-12(16(21)20(2)22-3)13(19)9-15(14)24-17;1-3-4-5(2)6;1-3-4(2)5;2*1-2/h4-9H,1-3H3;3-5H,1-2H3;3H,1-2H3;2*1-2H3/b;4-3-;4-3+;;. The van der Waals surface area contributed by atoms with E-state index in [1.165, 1.54) is 44.5 Å². The molecule has 1 aliphatic heterocycles. The Morgan fingerprint density at radius 3 is 1.87 bits per heavy atom. The van der Waals surface area contributed by atoms with Gasteiger partial charge in [0, 0.05) is 36.0 Å². The highest BCUT2D eigenvalue weighted by Crippen LogP contribution is 2.45. The van der Waals surface area contributed by atoms with Crippen LogP contribution in [0.3, 0.4) is 0 Å². The molecule has 0 N–H and O–H groups in total. The van der Waals surface area contributed by atoms with E-state index in [1.54, 1.807) is 6.92 Å². The van der Waals surface area contributed by atoms with Crippen LogP contribution in [0.2, 0.25) is 0 Å². The summed E-state index contributed by atoms with van der Waals surface area (Å²) in [6.45, 7) is 17.3. The number of allylic oxidation sites excluding steroid dienone is 4. The molecule has 5 nitrogen and oxygen atoms in total. The number of carbonyl (C=O) groups excluding carboxylic acids is 1. The van der Waals surface area contributed by atoms with Crippen molar-refractivity contribution in [3.8, 4) is 11.5 Å². The van der Waals surface area contributed by atoms with Gasteiger partial charge in [0.2, 0.25) is 0 Å². The highest BCUT2D eigenvalue weighted by molar-refractivity contribution is 6.29. The predicted octanol–water partition coefficient (Wildman–Crippen LogP) is 9.63. The van der Waals surface area contributed by atoms with Crippen molar-refractivity contribution in [1.29, 1.82) is 0 Å². The number of ether oxygens (including phenoxy) is 2. The summed E-state index contributed by atoms with van der Waals surface area (Å²) in [5, 5.41) is 1.94. The number of carbonyl (C=O) groups is 1. The van der Waals surface area contributed by atoms with Gasteiger partial charge in [0.1, 0.15) is 11.6 Å². The molecule has 0 bridgehead atoms. The van der Waals surface area contributed by atoms with Crippen LogP contribution in [0.15, 0.2) is 59.7 Å². The maximum absolute atomic E-state index is 14.2. The molecule has 0 spiro atoms. The largest absolute Gasteiger partial charge is 0.445 e. The van der Waals surface area contributed by atoms with Crippen molar-refractivity contribution in [3.05, 3.63) is 82.4 Å². The maximum Gasteiger partial charge on any atom is 0.280 e. The summed E-state index contributed by atoms with van der Waals surface area (Å²) < 4.78 is 38.7. The molecular formula is C30H43Cl2F2NO4. The maximum atomic E-state index is 14.2. The topological polar surface area (TPSA) is 48.0 Å². The van der Waals surface area contributed by atoms with Crippen LogP contribution in [0.4, 0.5) is 8.78 Å². The fraction of sp³-hybridized carbons (Fsp3) is 0.433. The monoisotopic (exact) mass is 589 g/mol. The molecule has 0 saturated heterocycles. The number of alkyl halides is 1. The third-order valence-corrected chi connectivity index (χ3v) is 5.02. The predicted molar refractivity (Wildman–Crippen MR) is 159 cm³/mol. The van der Waals surface area contributed by atoms with E-state index in [4.69, 9.17) is 37.5 Å². The lowest BCUT2D eigenvalue weighted by atomic mass is 10.1. The number of rotatable bonds is 4. The first-order valence-corrected chi connectivity index (χ1v) is 13.5. The van der Waals surface area contributed by atoms with Crippen LogP contribution < -0.4 is 9.47 Å². The zero-order valence-electron chi connectivity index (χ0n) is 24.9. The lowest BCUT2D eigenvalue weighted by molar-refractivity contribution is -0.0760. The van der Waals surface area contributed by atoms with Crippen LogP contribution in [-0.4, -0.2) is 30.5 Å². The smallest absolute Gasteiger partial charge is 0.280 e. The minimum atomic E-state index is -1.24. The number of hydrogen-bond acceptors (Lipinski definition) is 4. The molecule has 2 aromatic rings. The van der Waals surface area contributed by atoms with E-state index in [9.17, 15) is 13.6 Å². The molecule has 3 rings (SSSR count). The number of nitrogens with zero attached hydrogens (tertiary/aromatic N) is 1. The van der Waals surface area contributed by atoms with Crippen LogP contribution in [-0.2, 0) is 10.6 Å². The molecule has 0 fully saturated rings. The molecule has 0 aliphatic carbocycles. The molecule has 0 saturated carbocycles. The summed E-state index contributed by atoms with van der Waals surface area (Å²) >= 11 is 10.8. The second kappa shape index (κ2) is 20.3. The van der Waals surface area contributed by atoms with Gasteiger partial charge in [0.15, 0.2) is 11.5 Å². The van der Waals surface area contributed by atoms with Crippen molar-refractivity contribution >= 4 is 29.1 Å². The van der Waals surface area contributed by atoms with Crippen LogP contribution in [0, 0.1) is 11.6 Å². The van der Waals surface area contributed by atoms with E-state index in [0.717, 1.165) is 16.2 Å². The summed E-state index contributed by atoms with van der Waals surface area (Å²) in [6, 6.07) is 7.93. The molecular weight excluding hydrogens is 547 g/mol. The van der Waals surface area contributed by atoms with E-state index in [0.29, 0.717) is 5.56 Å². The van der Waals surface area contributed by atoms with E-state index in [-0.39, 0.29) is 28.3 Å². The van der Waals surface area contributed by atoms with E-state index >= 15 is 0 Å². The number of halogens is 4. The molecule has 1 heterocycles. The lowest BCUT2D eigenvalue weighted by Crippen LogP contribution is -2.31. The zero-order valence-corrected chi connectivity index (χ0v) is 26.4. The van der Waals surface area contributed by atoms with Crippen LogP contribution in [0.1, 0.15) is 78.2 Å². The number of amides is 1. The first kappa shape index (κ1) is 38.5. The van der Waals surface area contributed by atoms with Crippen molar-refractivity contribution in [2.75, 3.05) is 14.2 Å². The van der Waals surface area contributed by atoms with Gasteiger partial charge in [-0.25, -0.2) is 13.8 Å². The molecule has 9 heteroatoms. The highest BCUT2D eigenvalue weighted by Gasteiger charge is 2.40. The summed E-state index contributed by atoms with van der Waals surface area (Å²) in [6.07, 6.45) is 5.72. The molecule has 220 valence electrons. The van der Waals surface area contributed by atoms with Gasteiger partial charge in [-0.2, -0.15) is 0 Å². The number of hydroxylamine groups is 2. The van der Waals surface area contributed by atoms with Gasteiger partial charge in [-0.3, -0.25) is 9.63 Å². The Bertz CT molecular complexity index is 1040. The minimum Gasteiger partial charge on any atom is -0.445 e. The molecule has 0 aromatic heterocycles. The Balaban J connectivity index is 0. The number of hydrogen-bond donors (Lipinski definition) is 0. The third-order valence-electron chi connectivity index (χ3n) is 4.66. The summed E-state index contributed by atoms with van der Waals surface area (Å²) in [4.78, 5) is 16.9. The van der Waals surface area contributed by atoms with E-state index < -0.39 is 17.5 Å². The fourth-order valence-corrected chi connectivity index (χ4v) is 2.83. The zero-order chi connectivity index (χ0) is 30.8. The summed E-state index contributed by atoms with van der Waals surface area (Å²) in [5.74, 6) is -2.66. The Morgan fingerprint density at radius 2 is 1.51 bits per heavy atom. The Labute approximate surface area is 243 Å². The average molecular weight is 591 g/mol. The Morgan fingerprint density at radius 1 is 1.05 bits per heavy atom. The van der Waals surface area contributed by atoms with Gasteiger partial charge in [-0.05, 0) is 58.0 Å². The molecule has 2 aromatic carbocycles. The van der Waals surface area contributed by atoms with Gasteiger partial charge >= 0.3 is 0 Å². The summed E-state index contributed by atoms with van der Waals surface area (Å²) in [7, 11) is 2.67. The molecule has 1 amide bonds. The number of fused-ring (bicyclic) bond motifs is 1. The SMILES string of the molecule is C/C=C(\C)Cl.C/C=C\C(C)Cl.CC.CC.CON(C)C(=O)c1cc2c(cc1F)OC(C)(c1ccc(F)cc1)O2. The Kier molecular flexibility index (Phi) is 20.1. The third kappa shape index (κ3) is 13.3. The van der Waals surface area contributed by atoms with E-state index in [2.05, 4.69) is 0 Å². The second-order valence-electron chi connectivity index (χ2n) is 7.50. The molecule has 0 radical (unpaired) electrons. The molecule has 39 heavy (non-hydrogen) atoms. The normalized spacial score (nSPS) is 15.7.